The summed E-state index contributed by atoms with van der Waals surface area (Å²) in [5.41, 5.74) is 0.235. The van der Waals surface area contributed by atoms with Crippen molar-refractivity contribution in [2.45, 2.75) is 64.8 Å². The molecule has 0 atom stereocenters. The van der Waals surface area contributed by atoms with Crippen LogP contribution in [-0.2, 0) is 30.9 Å². The van der Waals surface area contributed by atoms with E-state index in [4.69, 9.17) is 4.74 Å². The van der Waals surface area contributed by atoms with E-state index in [9.17, 15) is 14.7 Å². The van der Waals surface area contributed by atoms with Crippen LogP contribution < -0.4 is 11.2 Å². The standard InChI is InChI=1S/C20H29N3O4S/c1-20(2)12-14-15(13-27-20)28-18-16(14)17(25)22(8-5-11-24)19(26)23(18)10-9-21-6-3-4-7-21/h24H,3-13H2,1-2H3. The third-order valence-corrected chi connectivity index (χ3v) is 7.04. The molecule has 4 heterocycles. The van der Waals surface area contributed by atoms with Crippen LogP contribution in [0.2, 0.25) is 0 Å². The molecule has 2 aliphatic rings. The maximum Gasteiger partial charge on any atom is 0.332 e. The molecule has 2 aromatic heterocycles. The number of likely N-dealkylation sites (tertiary alicyclic amines) is 1. The van der Waals surface area contributed by atoms with E-state index in [1.165, 1.54) is 28.7 Å². The van der Waals surface area contributed by atoms with Gasteiger partial charge in [0.2, 0.25) is 0 Å². The van der Waals surface area contributed by atoms with Crippen molar-refractivity contribution in [1.29, 1.82) is 0 Å². The number of thiophene rings is 1. The molecule has 28 heavy (non-hydrogen) atoms. The predicted molar refractivity (Wildman–Crippen MR) is 110 cm³/mol. The van der Waals surface area contributed by atoms with E-state index < -0.39 is 0 Å². The molecule has 0 unspecified atom stereocenters. The largest absolute Gasteiger partial charge is 0.396 e. The average Bonchev–Trinajstić information content (AvgIpc) is 3.28. The molecule has 0 radical (unpaired) electrons. The van der Waals surface area contributed by atoms with Crippen LogP contribution >= 0.6 is 11.3 Å². The van der Waals surface area contributed by atoms with Crippen molar-refractivity contribution in [3.8, 4) is 0 Å². The van der Waals surface area contributed by atoms with Gasteiger partial charge in [-0.2, -0.15) is 0 Å². The van der Waals surface area contributed by atoms with Crippen LogP contribution in [0.3, 0.4) is 0 Å². The molecule has 0 bridgehead atoms. The molecule has 1 fully saturated rings. The van der Waals surface area contributed by atoms with Gasteiger partial charge in [0.1, 0.15) is 4.83 Å². The maximum atomic E-state index is 13.2. The zero-order chi connectivity index (χ0) is 19.9. The van der Waals surface area contributed by atoms with E-state index in [2.05, 4.69) is 4.90 Å². The van der Waals surface area contributed by atoms with Crippen molar-refractivity contribution in [2.75, 3.05) is 26.2 Å². The number of aromatic nitrogens is 2. The van der Waals surface area contributed by atoms with Gasteiger partial charge in [-0.1, -0.05) is 0 Å². The van der Waals surface area contributed by atoms with Gasteiger partial charge in [-0.3, -0.25) is 13.9 Å². The van der Waals surface area contributed by atoms with Crippen molar-refractivity contribution in [3.05, 3.63) is 31.3 Å². The number of nitrogens with zero attached hydrogens (tertiary/aromatic N) is 3. The topological polar surface area (TPSA) is 76.7 Å². The van der Waals surface area contributed by atoms with Crippen LogP contribution in [0.5, 0.6) is 0 Å². The van der Waals surface area contributed by atoms with Crippen molar-refractivity contribution in [3.63, 3.8) is 0 Å². The third-order valence-electron chi connectivity index (χ3n) is 5.81. The highest BCUT2D eigenvalue weighted by atomic mass is 32.1. The van der Waals surface area contributed by atoms with Crippen molar-refractivity contribution in [1.82, 2.24) is 14.0 Å². The normalized spacial score (nSPS) is 19.4. The zero-order valence-electron chi connectivity index (χ0n) is 16.7. The number of fused-ring (bicyclic) bond motifs is 3. The Hall–Kier alpha value is -1.48. The Labute approximate surface area is 168 Å². The van der Waals surface area contributed by atoms with E-state index in [1.807, 2.05) is 13.8 Å². The fourth-order valence-corrected chi connectivity index (χ4v) is 5.52. The second-order valence-corrected chi connectivity index (χ2v) is 9.51. The molecule has 1 saturated heterocycles. The molecule has 0 spiro atoms. The molecular formula is C20H29N3O4S. The Morgan fingerprint density at radius 2 is 1.86 bits per heavy atom. The fourth-order valence-electron chi connectivity index (χ4n) is 4.27. The van der Waals surface area contributed by atoms with Gasteiger partial charge in [0, 0.05) is 37.5 Å². The summed E-state index contributed by atoms with van der Waals surface area (Å²) in [6.07, 6.45) is 3.48. The third kappa shape index (κ3) is 3.58. The number of ether oxygens (including phenoxy) is 1. The lowest BCUT2D eigenvalue weighted by atomic mass is 9.94. The lowest BCUT2D eigenvalue weighted by Gasteiger charge is -2.29. The van der Waals surface area contributed by atoms with Gasteiger partial charge in [0.05, 0.1) is 17.6 Å². The van der Waals surface area contributed by atoms with E-state index in [1.54, 1.807) is 4.57 Å². The van der Waals surface area contributed by atoms with Gasteiger partial charge in [0.15, 0.2) is 0 Å². The Morgan fingerprint density at radius 3 is 2.57 bits per heavy atom. The summed E-state index contributed by atoms with van der Waals surface area (Å²) in [5, 5.41) is 9.89. The minimum atomic E-state index is -0.320. The second-order valence-electron chi connectivity index (χ2n) is 8.43. The summed E-state index contributed by atoms with van der Waals surface area (Å²) in [6, 6.07) is 0. The first kappa shape index (κ1) is 19.8. The molecule has 7 nitrogen and oxygen atoms in total. The summed E-state index contributed by atoms with van der Waals surface area (Å²) < 4.78 is 9.04. The van der Waals surface area contributed by atoms with Crippen LogP contribution in [0, 0.1) is 0 Å². The minimum Gasteiger partial charge on any atom is -0.396 e. The van der Waals surface area contributed by atoms with Gasteiger partial charge in [0.25, 0.3) is 5.56 Å². The Morgan fingerprint density at radius 1 is 1.11 bits per heavy atom. The Balaban J connectivity index is 1.84. The van der Waals surface area contributed by atoms with Crippen molar-refractivity contribution in [2.24, 2.45) is 0 Å². The first-order chi connectivity index (χ1) is 13.4. The molecule has 0 saturated carbocycles. The summed E-state index contributed by atoms with van der Waals surface area (Å²) in [7, 11) is 0. The summed E-state index contributed by atoms with van der Waals surface area (Å²) in [5.74, 6) is 0. The minimum absolute atomic E-state index is 0.0414. The van der Waals surface area contributed by atoms with E-state index >= 15 is 0 Å². The summed E-state index contributed by atoms with van der Waals surface area (Å²) >= 11 is 1.53. The number of hydrogen-bond acceptors (Lipinski definition) is 6. The molecule has 1 N–H and O–H groups in total. The van der Waals surface area contributed by atoms with E-state index in [-0.39, 0.29) is 30.0 Å². The van der Waals surface area contributed by atoms with Crippen molar-refractivity contribution < 1.29 is 9.84 Å². The SMILES string of the molecule is CC1(C)Cc2c(sc3c2c(=O)n(CCCO)c(=O)n3CCN2CCCC2)CO1. The van der Waals surface area contributed by atoms with E-state index in [0.29, 0.717) is 31.4 Å². The zero-order valence-corrected chi connectivity index (χ0v) is 17.5. The maximum absolute atomic E-state index is 13.2. The molecule has 2 aromatic rings. The van der Waals surface area contributed by atoms with Gasteiger partial charge < -0.3 is 14.7 Å². The number of aliphatic hydroxyl groups excluding tert-OH is 1. The number of hydrogen-bond donors (Lipinski definition) is 1. The Kier molecular flexibility index (Phi) is 5.48. The number of rotatable bonds is 6. The summed E-state index contributed by atoms with van der Waals surface area (Å²) in [6.45, 7) is 8.31. The average molecular weight is 408 g/mol. The van der Waals surface area contributed by atoms with Gasteiger partial charge in [-0.15, -0.1) is 11.3 Å². The molecule has 0 aromatic carbocycles. The lowest BCUT2D eigenvalue weighted by Crippen LogP contribution is -2.42. The summed E-state index contributed by atoms with van der Waals surface area (Å²) in [4.78, 5) is 30.6. The van der Waals surface area contributed by atoms with Crippen LogP contribution in [0.1, 0.15) is 43.6 Å². The van der Waals surface area contributed by atoms with Crippen LogP contribution in [0.15, 0.2) is 9.59 Å². The highest BCUT2D eigenvalue weighted by Crippen LogP contribution is 2.37. The highest BCUT2D eigenvalue weighted by Gasteiger charge is 2.32. The molecule has 154 valence electrons. The lowest BCUT2D eigenvalue weighted by molar-refractivity contribution is -0.0379. The van der Waals surface area contributed by atoms with Gasteiger partial charge >= 0.3 is 5.69 Å². The van der Waals surface area contributed by atoms with Gasteiger partial charge in [-0.05, 0) is 51.8 Å². The molecule has 8 heteroatoms. The fraction of sp³-hybridized carbons (Fsp3) is 0.700. The van der Waals surface area contributed by atoms with Crippen LogP contribution in [0.4, 0.5) is 0 Å². The quantitative estimate of drug-likeness (QED) is 0.786. The molecular weight excluding hydrogens is 378 g/mol. The molecule has 0 aliphatic carbocycles. The monoisotopic (exact) mass is 407 g/mol. The number of aliphatic hydroxyl groups is 1. The highest BCUT2D eigenvalue weighted by molar-refractivity contribution is 7.18. The predicted octanol–water partition coefficient (Wildman–Crippen LogP) is 1.55. The molecule has 2 aliphatic heterocycles. The molecule has 0 amide bonds. The van der Waals surface area contributed by atoms with Crippen LogP contribution in [0.25, 0.3) is 10.2 Å². The van der Waals surface area contributed by atoms with Gasteiger partial charge in [-0.25, -0.2) is 4.79 Å². The molecule has 4 rings (SSSR count). The van der Waals surface area contributed by atoms with Crippen LogP contribution in [-0.4, -0.2) is 51.0 Å². The first-order valence-electron chi connectivity index (χ1n) is 10.2. The first-order valence-corrected chi connectivity index (χ1v) is 11.0. The van der Waals surface area contributed by atoms with Crippen molar-refractivity contribution >= 4 is 21.6 Å². The Bertz CT molecular complexity index is 982. The van der Waals surface area contributed by atoms with E-state index in [0.717, 1.165) is 34.9 Å². The second kappa shape index (κ2) is 7.74. The smallest absolute Gasteiger partial charge is 0.332 e.